The highest BCUT2D eigenvalue weighted by Gasteiger charge is 2.53. The van der Waals surface area contributed by atoms with Gasteiger partial charge in [0.25, 0.3) is 5.91 Å². The van der Waals surface area contributed by atoms with E-state index in [2.05, 4.69) is 26.7 Å². The van der Waals surface area contributed by atoms with Gasteiger partial charge in [0, 0.05) is 29.7 Å². The lowest BCUT2D eigenvalue weighted by Crippen LogP contribution is -2.43. The zero-order valence-electron chi connectivity index (χ0n) is 20.6. The third-order valence-corrected chi connectivity index (χ3v) is 8.15. The number of nitrogens with zero attached hydrogens (tertiary/aromatic N) is 6. The number of anilines is 1. The van der Waals surface area contributed by atoms with E-state index in [0.29, 0.717) is 27.9 Å². The molecule has 3 aromatic rings. The Morgan fingerprint density at radius 1 is 1.24 bits per heavy atom. The summed E-state index contributed by atoms with van der Waals surface area (Å²) in [5, 5.41) is 26.2. The molecule has 3 aliphatic rings. The molecule has 0 spiro atoms. The van der Waals surface area contributed by atoms with Crippen molar-refractivity contribution in [3.05, 3.63) is 69.6 Å². The third kappa shape index (κ3) is 4.25. The summed E-state index contributed by atoms with van der Waals surface area (Å²) in [4.78, 5) is 27.0. The lowest BCUT2D eigenvalue weighted by molar-refractivity contribution is -0.118. The van der Waals surface area contributed by atoms with Gasteiger partial charge in [0.2, 0.25) is 5.91 Å². The molecule has 37 heavy (non-hydrogen) atoms. The number of carbonyl (C=O) groups excluding carboxylic acids is 2. The van der Waals surface area contributed by atoms with E-state index >= 15 is 0 Å². The van der Waals surface area contributed by atoms with Crippen LogP contribution in [0.4, 0.5) is 5.82 Å². The van der Waals surface area contributed by atoms with Crippen LogP contribution in [0.5, 0.6) is 0 Å². The highest BCUT2D eigenvalue weighted by Crippen LogP contribution is 2.47. The second kappa shape index (κ2) is 8.96. The number of nitriles is 1. The molecule has 10 heteroatoms. The molecule has 1 saturated heterocycles. The fourth-order valence-electron chi connectivity index (χ4n) is 5.53. The maximum Gasteiger partial charge on any atom is 0.254 e. The first-order valence-corrected chi connectivity index (χ1v) is 12.9. The standard InChI is InChI=1S/C27H26ClN7O2/c1-14-5-24(34-12-18-8-23(18)27(34)37)32-33-25(14)15(2)35-13-19(11-30-35)26(36)31-21-6-17(7-21)22-9-20(28)4-3-16(22)10-29/h3-5,9,11,13,15,17-18,21,23H,6-8,12H2,1-2H3,(H,31,36)/t15-,17-,18-,21+,23-/m1/s1. The van der Waals surface area contributed by atoms with E-state index in [1.807, 2.05) is 26.0 Å². The molecule has 1 N–H and O–H groups in total. The summed E-state index contributed by atoms with van der Waals surface area (Å²) in [6, 6.07) is 9.24. The Balaban J connectivity index is 1.08. The number of amides is 2. The maximum absolute atomic E-state index is 12.9. The molecule has 9 nitrogen and oxygen atoms in total. The van der Waals surface area contributed by atoms with Crippen LogP contribution in [0.2, 0.25) is 5.02 Å². The number of aromatic nitrogens is 4. The van der Waals surface area contributed by atoms with Gasteiger partial charge in [0.1, 0.15) is 0 Å². The van der Waals surface area contributed by atoms with Gasteiger partial charge >= 0.3 is 0 Å². The molecule has 188 valence electrons. The van der Waals surface area contributed by atoms with E-state index < -0.39 is 0 Å². The molecular weight excluding hydrogens is 490 g/mol. The first-order chi connectivity index (χ1) is 17.8. The summed E-state index contributed by atoms with van der Waals surface area (Å²) in [5.41, 5.74) is 3.71. The molecule has 2 saturated carbocycles. The minimum absolute atomic E-state index is 0.0313. The van der Waals surface area contributed by atoms with E-state index in [1.165, 1.54) is 0 Å². The van der Waals surface area contributed by atoms with Crippen LogP contribution in [0.1, 0.15) is 70.9 Å². The summed E-state index contributed by atoms with van der Waals surface area (Å²) in [6.07, 6.45) is 5.78. The number of piperidine rings is 1. The van der Waals surface area contributed by atoms with Gasteiger partial charge in [-0.15, -0.1) is 5.10 Å². The molecule has 1 aromatic carbocycles. The fourth-order valence-corrected chi connectivity index (χ4v) is 5.71. The largest absolute Gasteiger partial charge is 0.349 e. The average Bonchev–Trinajstić information content (AvgIpc) is 3.31. The van der Waals surface area contributed by atoms with E-state index in [4.69, 9.17) is 11.6 Å². The number of hydrogen-bond donors (Lipinski definition) is 1. The molecular formula is C27H26ClN7O2. The van der Waals surface area contributed by atoms with Gasteiger partial charge in [-0.2, -0.15) is 15.5 Å². The molecule has 0 bridgehead atoms. The molecule has 3 atom stereocenters. The normalized spacial score (nSPS) is 24.7. The molecule has 0 radical (unpaired) electrons. The van der Waals surface area contributed by atoms with Crippen LogP contribution < -0.4 is 10.2 Å². The highest BCUT2D eigenvalue weighted by atomic mass is 35.5. The summed E-state index contributed by atoms with van der Waals surface area (Å²) >= 11 is 6.12. The minimum atomic E-state index is -0.230. The van der Waals surface area contributed by atoms with Crippen LogP contribution in [0.3, 0.4) is 0 Å². The van der Waals surface area contributed by atoms with Gasteiger partial charge in [-0.1, -0.05) is 11.6 Å². The number of fused-ring (bicyclic) bond motifs is 1. The van der Waals surface area contributed by atoms with Gasteiger partial charge in [-0.25, -0.2) is 0 Å². The van der Waals surface area contributed by atoms with Gasteiger partial charge < -0.3 is 5.32 Å². The van der Waals surface area contributed by atoms with Crippen molar-refractivity contribution in [3.8, 4) is 6.07 Å². The Morgan fingerprint density at radius 2 is 2.05 bits per heavy atom. The zero-order chi connectivity index (χ0) is 25.8. The van der Waals surface area contributed by atoms with Gasteiger partial charge in [-0.05, 0) is 80.3 Å². The SMILES string of the molecule is Cc1cc(N2C[C@H]3C[C@H]3C2=O)nnc1[C@@H](C)n1cc(C(=O)N[C@H]2C[C@@H](c3cc(Cl)ccc3C#N)C2)cn1. The van der Waals surface area contributed by atoms with Crippen LogP contribution in [-0.4, -0.2) is 44.4 Å². The van der Waals surface area contributed by atoms with Crippen LogP contribution in [-0.2, 0) is 4.79 Å². The third-order valence-electron chi connectivity index (χ3n) is 7.91. The molecule has 3 heterocycles. The van der Waals surface area contributed by atoms with Crippen LogP contribution >= 0.6 is 11.6 Å². The second-order valence-corrected chi connectivity index (χ2v) is 10.8. The number of aryl methyl sites for hydroxylation is 1. The van der Waals surface area contributed by atoms with Crippen molar-refractivity contribution in [2.75, 3.05) is 11.4 Å². The minimum Gasteiger partial charge on any atom is -0.349 e. The smallest absolute Gasteiger partial charge is 0.254 e. The van der Waals surface area contributed by atoms with Crippen molar-refractivity contribution >= 4 is 29.2 Å². The number of carbonyl (C=O) groups is 2. The summed E-state index contributed by atoms with van der Waals surface area (Å²) in [5.74, 6) is 1.42. The van der Waals surface area contributed by atoms with Gasteiger partial charge in [0.05, 0.1) is 35.1 Å². The lowest BCUT2D eigenvalue weighted by Gasteiger charge is -2.36. The van der Waals surface area contributed by atoms with E-state index in [9.17, 15) is 14.9 Å². The van der Waals surface area contributed by atoms with Crippen LogP contribution in [0.15, 0.2) is 36.7 Å². The van der Waals surface area contributed by atoms with Crippen LogP contribution in [0, 0.1) is 30.1 Å². The van der Waals surface area contributed by atoms with Crippen molar-refractivity contribution < 1.29 is 9.59 Å². The van der Waals surface area contributed by atoms with Crippen molar-refractivity contribution in [1.29, 1.82) is 5.26 Å². The predicted octanol–water partition coefficient (Wildman–Crippen LogP) is 3.77. The Bertz CT molecular complexity index is 1460. The number of hydrogen-bond acceptors (Lipinski definition) is 6. The number of rotatable bonds is 6. The van der Waals surface area contributed by atoms with E-state index in [0.717, 1.165) is 42.6 Å². The maximum atomic E-state index is 12.9. The fraction of sp³-hybridized carbons (Fsp3) is 0.407. The Hall–Kier alpha value is -3.77. The van der Waals surface area contributed by atoms with Crippen molar-refractivity contribution in [1.82, 2.24) is 25.3 Å². The summed E-state index contributed by atoms with van der Waals surface area (Å²) < 4.78 is 1.70. The number of nitrogens with one attached hydrogen (secondary N) is 1. The molecule has 3 fully saturated rings. The molecule has 1 aliphatic heterocycles. The first kappa shape index (κ1) is 23.6. The highest BCUT2D eigenvalue weighted by molar-refractivity contribution is 6.30. The summed E-state index contributed by atoms with van der Waals surface area (Å²) in [7, 11) is 0. The van der Waals surface area contributed by atoms with Crippen LogP contribution in [0.25, 0.3) is 0 Å². The average molecular weight is 516 g/mol. The quantitative estimate of drug-likeness (QED) is 0.534. The molecule has 6 rings (SSSR count). The number of halogens is 1. The van der Waals surface area contributed by atoms with E-state index in [1.54, 1.807) is 34.1 Å². The lowest BCUT2D eigenvalue weighted by atomic mass is 9.74. The predicted molar refractivity (Wildman–Crippen MR) is 136 cm³/mol. The first-order valence-electron chi connectivity index (χ1n) is 12.5. The number of benzene rings is 1. The van der Waals surface area contributed by atoms with E-state index in [-0.39, 0.29) is 35.7 Å². The second-order valence-electron chi connectivity index (χ2n) is 10.4. The van der Waals surface area contributed by atoms with Crippen molar-refractivity contribution in [2.24, 2.45) is 11.8 Å². The monoisotopic (exact) mass is 515 g/mol. The zero-order valence-corrected chi connectivity index (χ0v) is 21.3. The topological polar surface area (TPSA) is 117 Å². The van der Waals surface area contributed by atoms with Crippen molar-refractivity contribution in [3.63, 3.8) is 0 Å². The van der Waals surface area contributed by atoms with Crippen molar-refractivity contribution in [2.45, 2.75) is 51.1 Å². The Kier molecular flexibility index (Phi) is 5.72. The molecule has 2 amide bonds. The summed E-state index contributed by atoms with van der Waals surface area (Å²) in [6.45, 7) is 4.63. The Labute approximate surface area is 219 Å². The molecule has 2 aliphatic carbocycles. The molecule has 2 aromatic heterocycles. The molecule has 0 unspecified atom stereocenters. The Morgan fingerprint density at radius 3 is 2.76 bits per heavy atom. The van der Waals surface area contributed by atoms with Gasteiger partial charge in [-0.3, -0.25) is 19.2 Å². The van der Waals surface area contributed by atoms with Gasteiger partial charge in [0.15, 0.2) is 5.82 Å².